The number of hydrogen-bond donors (Lipinski definition) is 0. The van der Waals surface area contributed by atoms with Crippen molar-refractivity contribution in [1.29, 1.82) is 0 Å². The number of carbonyl (C=O) groups excluding carboxylic acids is 2. The Morgan fingerprint density at radius 2 is 2.11 bits per heavy atom. The molecule has 27 heavy (non-hydrogen) atoms. The first kappa shape index (κ1) is 17.3. The van der Waals surface area contributed by atoms with E-state index in [0.29, 0.717) is 36.4 Å². The number of benzene rings is 1. The second kappa shape index (κ2) is 7.26. The second-order valence-corrected chi connectivity index (χ2v) is 6.32. The molecule has 4 rings (SSSR count). The van der Waals surface area contributed by atoms with Crippen molar-refractivity contribution in [3.05, 3.63) is 24.1 Å². The van der Waals surface area contributed by atoms with Gasteiger partial charge in [-0.1, -0.05) is 0 Å². The summed E-state index contributed by atoms with van der Waals surface area (Å²) in [5.41, 5.74) is 0.730. The zero-order chi connectivity index (χ0) is 18.8. The molecule has 3 heterocycles. The van der Waals surface area contributed by atoms with Crippen LogP contribution in [0.15, 0.2) is 22.6 Å². The van der Waals surface area contributed by atoms with E-state index in [9.17, 15) is 9.59 Å². The number of likely N-dealkylation sites (tertiary alicyclic amines) is 1. The first-order valence-electron chi connectivity index (χ1n) is 8.85. The van der Waals surface area contributed by atoms with Gasteiger partial charge in [0.1, 0.15) is 0 Å². The van der Waals surface area contributed by atoms with Crippen molar-refractivity contribution >= 4 is 11.9 Å². The largest absolute Gasteiger partial charge is 0.459 e. The van der Waals surface area contributed by atoms with Crippen LogP contribution in [0.25, 0.3) is 11.5 Å². The first-order chi connectivity index (χ1) is 13.2. The van der Waals surface area contributed by atoms with E-state index in [-0.39, 0.29) is 19.3 Å². The van der Waals surface area contributed by atoms with Gasteiger partial charge in [0, 0.05) is 18.7 Å². The normalized spacial score (nSPS) is 18.4. The minimum atomic E-state index is -0.829. The molecule has 0 spiro atoms. The third kappa shape index (κ3) is 3.44. The van der Waals surface area contributed by atoms with Crippen LogP contribution in [0.4, 0.5) is 0 Å². The van der Waals surface area contributed by atoms with E-state index in [1.54, 1.807) is 19.1 Å². The summed E-state index contributed by atoms with van der Waals surface area (Å²) in [6, 6.07) is 5.40. The molecule has 2 aliphatic heterocycles. The van der Waals surface area contributed by atoms with Gasteiger partial charge in [-0.3, -0.25) is 4.79 Å². The molecule has 1 atom stereocenters. The van der Waals surface area contributed by atoms with Gasteiger partial charge in [-0.15, -0.1) is 10.2 Å². The van der Waals surface area contributed by atoms with Crippen molar-refractivity contribution in [2.45, 2.75) is 25.7 Å². The average molecular weight is 373 g/mol. The molecule has 2 aromatic rings. The summed E-state index contributed by atoms with van der Waals surface area (Å²) < 4.78 is 21.3. The lowest BCUT2D eigenvalue weighted by Crippen LogP contribution is -2.43. The van der Waals surface area contributed by atoms with E-state index in [2.05, 4.69) is 10.2 Å². The molecule has 1 saturated heterocycles. The Bertz CT molecular complexity index is 865. The van der Waals surface area contributed by atoms with Crippen LogP contribution < -0.4 is 9.47 Å². The smallest absolute Gasteiger partial charge is 0.397 e. The number of hydrogen-bond acceptors (Lipinski definition) is 8. The van der Waals surface area contributed by atoms with Gasteiger partial charge in [0.05, 0.1) is 12.5 Å². The van der Waals surface area contributed by atoms with Crippen LogP contribution >= 0.6 is 0 Å². The Kier molecular flexibility index (Phi) is 4.66. The minimum Gasteiger partial charge on any atom is -0.459 e. The summed E-state index contributed by atoms with van der Waals surface area (Å²) in [6.45, 7) is 2.89. The Labute approximate surface area is 155 Å². The number of aromatic nitrogens is 2. The van der Waals surface area contributed by atoms with Gasteiger partial charge in [0.25, 0.3) is 0 Å². The molecule has 2 aliphatic rings. The van der Waals surface area contributed by atoms with Crippen molar-refractivity contribution in [2.75, 3.05) is 26.5 Å². The zero-order valence-electron chi connectivity index (χ0n) is 14.8. The molecule has 1 amide bonds. The van der Waals surface area contributed by atoms with E-state index in [4.69, 9.17) is 18.6 Å². The summed E-state index contributed by atoms with van der Waals surface area (Å²) in [6.07, 6.45) is 1.55. The molecule has 0 aliphatic carbocycles. The summed E-state index contributed by atoms with van der Waals surface area (Å²) >= 11 is 0. The lowest BCUT2D eigenvalue weighted by Gasteiger charge is -2.30. The fourth-order valence-electron chi connectivity index (χ4n) is 3.23. The zero-order valence-corrected chi connectivity index (χ0v) is 14.8. The molecule has 0 radical (unpaired) electrons. The van der Waals surface area contributed by atoms with Gasteiger partial charge in [-0.05, 0) is 38.0 Å². The van der Waals surface area contributed by atoms with Gasteiger partial charge in [-0.25, -0.2) is 4.79 Å². The number of nitrogens with zero attached hydrogens (tertiary/aromatic N) is 3. The molecule has 0 N–H and O–H groups in total. The van der Waals surface area contributed by atoms with Crippen LogP contribution in [-0.2, 0) is 14.3 Å². The SMILES string of the molecule is CCOC(=O)C(=O)N1CCCC(c2nnc(-c3ccc4c(c3)OCO4)o2)C1. The molecule has 9 nitrogen and oxygen atoms in total. The Balaban J connectivity index is 1.48. The molecule has 1 unspecified atom stereocenters. The number of carbonyl (C=O) groups is 2. The van der Waals surface area contributed by atoms with E-state index in [1.807, 2.05) is 6.07 Å². The predicted octanol–water partition coefficient (Wildman–Crippen LogP) is 1.73. The first-order valence-corrected chi connectivity index (χ1v) is 8.85. The Hall–Kier alpha value is -3.10. The standard InChI is InChI=1S/C18H19N3O6/c1-2-24-18(23)17(22)21-7-3-4-12(9-21)16-20-19-15(27-16)11-5-6-13-14(8-11)26-10-25-13/h5-6,8,12H,2-4,7,9-10H2,1H3. The predicted molar refractivity (Wildman–Crippen MR) is 91.0 cm³/mol. The Morgan fingerprint density at radius 3 is 2.96 bits per heavy atom. The van der Waals surface area contributed by atoms with Crippen LogP contribution in [0.2, 0.25) is 0 Å². The molecule has 0 saturated carbocycles. The molecular weight excluding hydrogens is 354 g/mol. The highest BCUT2D eigenvalue weighted by atomic mass is 16.7. The van der Waals surface area contributed by atoms with E-state index in [1.165, 1.54) is 4.90 Å². The number of esters is 1. The van der Waals surface area contributed by atoms with Crippen LogP contribution in [0.1, 0.15) is 31.6 Å². The van der Waals surface area contributed by atoms with Gasteiger partial charge in [0.15, 0.2) is 11.5 Å². The monoisotopic (exact) mass is 373 g/mol. The van der Waals surface area contributed by atoms with E-state index in [0.717, 1.165) is 18.4 Å². The minimum absolute atomic E-state index is 0.118. The number of piperidine rings is 1. The van der Waals surface area contributed by atoms with Gasteiger partial charge >= 0.3 is 11.9 Å². The fraction of sp³-hybridized carbons (Fsp3) is 0.444. The van der Waals surface area contributed by atoms with Crippen LogP contribution in [0, 0.1) is 0 Å². The number of ether oxygens (including phenoxy) is 3. The molecule has 0 bridgehead atoms. The number of amides is 1. The third-order valence-electron chi connectivity index (χ3n) is 4.57. The summed E-state index contributed by atoms with van der Waals surface area (Å²) in [5, 5.41) is 8.26. The van der Waals surface area contributed by atoms with Crippen LogP contribution in [-0.4, -0.2) is 53.5 Å². The third-order valence-corrected chi connectivity index (χ3v) is 4.57. The van der Waals surface area contributed by atoms with Crippen molar-refractivity contribution in [1.82, 2.24) is 15.1 Å². The highest BCUT2D eigenvalue weighted by Gasteiger charge is 2.32. The lowest BCUT2D eigenvalue weighted by molar-refractivity contribution is -0.160. The molecular formula is C18H19N3O6. The van der Waals surface area contributed by atoms with Crippen molar-refractivity contribution in [2.24, 2.45) is 0 Å². The summed E-state index contributed by atoms with van der Waals surface area (Å²) in [7, 11) is 0. The molecule has 142 valence electrons. The van der Waals surface area contributed by atoms with Gasteiger partial charge in [0.2, 0.25) is 18.6 Å². The van der Waals surface area contributed by atoms with Crippen molar-refractivity contribution in [3.63, 3.8) is 0 Å². The van der Waals surface area contributed by atoms with Crippen molar-refractivity contribution < 1.29 is 28.2 Å². The maximum Gasteiger partial charge on any atom is 0.397 e. The van der Waals surface area contributed by atoms with Gasteiger partial charge in [-0.2, -0.15) is 0 Å². The maximum absolute atomic E-state index is 12.2. The number of rotatable bonds is 3. The molecule has 1 aromatic carbocycles. The molecule has 1 aromatic heterocycles. The lowest BCUT2D eigenvalue weighted by atomic mass is 9.98. The van der Waals surface area contributed by atoms with Crippen LogP contribution in [0.5, 0.6) is 11.5 Å². The highest BCUT2D eigenvalue weighted by Crippen LogP contribution is 2.36. The van der Waals surface area contributed by atoms with E-state index >= 15 is 0 Å². The Morgan fingerprint density at radius 1 is 1.26 bits per heavy atom. The molecule has 1 fully saturated rings. The topological polar surface area (TPSA) is 104 Å². The van der Waals surface area contributed by atoms with E-state index < -0.39 is 11.9 Å². The molecule has 9 heteroatoms. The summed E-state index contributed by atoms with van der Waals surface area (Å²) in [5.74, 6) is 0.561. The summed E-state index contributed by atoms with van der Waals surface area (Å²) in [4.78, 5) is 25.3. The van der Waals surface area contributed by atoms with Gasteiger partial charge < -0.3 is 23.5 Å². The second-order valence-electron chi connectivity index (χ2n) is 6.32. The van der Waals surface area contributed by atoms with Crippen molar-refractivity contribution in [3.8, 4) is 23.0 Å². The number of fused-ring (bicyclic) bond motifs is 1. The highest BCUT2D eigenvalue weighted by molar-refractivity contribution is 6.32. The maximum atomic E-state index is 12.2. The van der Waals surface area contributed by atoms with Crippen LogP contribution in [0.3, 0.4) is 0 Å². The fourth-order valence-corrected chi connectivity index (χ4v) is 3.23. The quantitative estimate of drug-likeness (QED) is 0.592. The average Bonchev–Trinajstić information content (AvgIpc) is 3.36.